The summed E-state index contributed by atoms with van der Waals surface area (Å²) in [5, 5.41) is 6.23. The third kappa shape index (κ3) is 1.90. The van der Waals surface area contributed by atoms with Crippen molar-refractivity contribution in [2.75, 3.05) is 7.11 Å². The predicted molar refractivity (Wildman–Crippen MR) is 72.0 cm³/mol. The van der Waals surface area contributed by atoms with Gasteiger partial charge < -0.3 is 10.1 Å². The summed E-state index contributed by atoms with van der Waals surface area (Å²) in [6, 6.07) is 2.21. The van der Waals surface area contributed by atoms with Crippen LogP contribution < -0.4 is 5.32 Å². The van der Waals surface area contributed by atoms with Crippen LogP contribution in [-0.2, 0) is 4.74 Å². The molecule has 2 aliphatic rings. The smallest absolute Gasteiger partial charge is 0.119 e. The molecule has 0 fully saturated rings. The predicted octanol–water partition coefficient (Wildman–Crippen LogP) is 3.43. The molecule has 0 amide bonds. The highest BCUT2D eigenvalue weighted by atomic mass is 35.5. The summed E-state index contributed by atoms with van der Waals surface area (Å²) < 4.78 is 5.39. The Labute approximate surface area is 109 Å². The van der Waals surface area contributed by atoms with Crippen molar-refractivity contribution in [3.63, 3.8) is 0 Å². The average Bonchev–Trinajstić information content (AvgIpc) is 2.93. The number of allylic oxidation sites excluding steroid dienone is 2. The lowest BCUT2D eigenvalue weighted by molar-refractivity contribution is 0.250. The standard InChI is InChI=1S/C13H12ClNOS/c1-16-11-4-2-3-8-5-10(15-13(8)11)12-6-9(14)7-17-12/h2-8,13,15H,1H3. The Bertz CT molecular complexity index is 529. The van der Waals surface area contributed by atoms with Crippen LogP contribution in [0.4, 0.5) is 0 Å². The van der Waals surface area contributed by atoms with Crippen molar-refractivity contribution < 1.29 is 4.74 Å². The molecule has 0 aromatic carbocycles. The van der Waals surface area contributed by atoms with Crippen LogP contribution in [0.15, 0.2) is 41.5 Å². The molecule has 0 saturated carbocycles. The lowest BCUT2D eigenvalue weighted by Gasteiger charge is -2.22. The minimum atomic E-state index is 0.223. The fourth-order valence-corrected chi connectivity index (χ4v) is 3.28. The third-order valence-electron chi connectivity index (χ3n) is 3.02. The summed E-state index contributed by atoms with van der Waals surface area (Å²) in [6.45, 7) is 0. The number of methoxy groups -OCH3 is 1. The van der Waals surface area contributed by atoms with E-state index in [1.807, 2.05) is 23.6 Å². The highest BCUT2D eigenvalue weighted by Gasteiger charge is 2.31. The van der Waals surface area contributed by atoms with Crippen molar-refractivity contribution in [2.24, 2.45) is 5.92 Å². The quantitative estimate of drug-likeness (QED) is 0.885. The number of ether oxygens (including phenoxy) is 1. The van der Waals surface area contributed by atoms with Gasteiger partial charge in [0, 0.05) is 17.0 Å². The second kappa shape index (κ2) is 4.24. The molecule has 0 bridgehead atoms. The molecule has 0 saturated heterocycles. The van der Waals surface area contributed by atoms with E-state index in [-0.39, 0.29) is 6.04 Å². The molecule has 3 rings (SSSR count). The van der Waals surface area contributed by atoms with Gasteiger partial charge in [-0.25, -0.2) is 0 Å². The second-order valence-corrected chi connectivity index (χ2v) is 5.41. The fraction of sp³-hybridized carbons (Fsp3) is 0.231. The molecule has 2 atom stereocenters. The largest absolute Gasteiger partial charge is 0.499 e. The van der Waals surface area contributed by atoms with Crippen molar-refractivity contribution >= 4 is 28.6 Å². The molecule has 0 radical (unpaired) electrons. The highest BCUT2D eigenvalue weighted by molar-refractivity contribution is 7.11. The topological polar surface area (TPSA) is 21.3 Å². The first-order chi connectivity index (χ1) is 8.28. The molecular weight excluding hydrogens is 254 g/mol. The minimum Gasteiger partial charge on any atom is -0.499 e. The molecule has 1 aromatic heterocycles. The number of hydrogen-bond acceptors (Lipinski definition) is 3. The van der Waals surface area contributed by atoms with Gasteiger partial charge in [0.15, 0.2) is 0 Å². The molecule has 0 spiro atoms. The van der Waals surface area contributed by atoms with Crippen LogP contribution in [0.5, 0.6) is 0 Å². The maximum absolute atomic E-state index is 5.95. The fourth-order valence-electron chi connectivity index (χ4n) is 2.21. The highest BCUT2D eigenvalue weighted by Crippen LogP contribution is 2.34. The Hall–Kier alpha value is -1.19. The van der Waals surface area contributed by atoms with Gasteiger partial charge in [0.2, 0.25) is 0 Å². The van der Waals surface area contributed by atoms with Crippen LogP contribution in [0, 0.1) is 5.92 Å². The van der Waals surface area contributed by atoms with E-state index in [4.69, 9.17) is 16.3 Å². The van der Waals surface area contributed by atoms with E-state index in [0.717, 1.165) is 16.5 Å². The number of rotatable bonds is 2. The molecule has 2 heterocycles. The summed E-state index contributed by atoms with van der Waals surface area (Å²) >= 11 is 7.61. The molecule has 1 aliphatic carbocycles. The summed E-state index contributed by atoms with van der Waals surface area (Å²) in [7, 11) is 1.71. The zero-order valence-electron chi connectivity index (χ0n) is 9.31. The zero-order chi connectivity index (χ0) is 11.8. The zero-order valence-corrected chi connectivity index (χ0v) is 10.9. The van der Waals surface area contributed by atoms with Gasteiger partial charge in [-0.15, -0.1) is 11.3 Å². The van der Waals surface area contributed by atoms with Gasteiger partial charge in [0.05, 0.1) is 23.1 Å². The van der Waals surface area contributed by atoms with Crippen molar-refractivity contribution in [3.8, 4) is 0 Å². The van der Waals surface area contributed by atoms with Gasteiger partial charge in [-0.2, -0.15) is 0 Å². The SMILES string of the molecule is COC1=CC=CC2C=C(c3cc(Cl)cs3)NC12. The molecule has 17 heavy (non-hydrogen) atoms. The summed E-state index contributed by atoms with van der Waals surface area (Å²) in [5.74, 6) is 1.34. The summed E-state index contributed by atoms with van der Waals surface area (Å²) in [6.07, 6.45) is 8.46. The summed E-state index contributed by atoms with van der Waals surface area (Å²) in [5.41, 5.74) is 1.14. The van der Waals surface area contributed by atoms with Crippen molar-refractivity contribution in [3.05, 3.63) is 51.4 Å². The number of halogens is 1. The lowest BCUT2D eigenvalue weighted by atomic mass is 9.96. The molecule has 4 heteroatoms. The molecule has 1 aromatic rings. The molecule has 2 nitrogen and oxygen atoms in total. The van der Waals surface area contributed by atoms with Crippen molar-refractivity contribution in [1.82, 2.24) is 5.32 Å². The van der Waals surface area contributed by atoms with Crippen molar-refractivity contribution in [1.29, 1.82) is 0 Å². The average molecular weight is 266 g/mol. The van der Waals surface area contributed by atoms with E-state index in [1.54, 1.807) is 18.4 Å². The van der Waals surface area contributed by atoms with Gasteiger partial charge in [-0.1, -0.05) is 29.8 Å². The van der Waals surface area contributed by atoms with Crippen LogP contribution in [0.3, 0.4) is 0 Å². The monoisotopic (exact) mass is 265 g/mol. The van der Waals surface area contributed by atoms with Crippen LogP contribution in [0.2, 0.25) is 5.02 Å². The van der Waals surface area contributed by atoms with E-state index < -0.39 is 0 Å². The second-order valence-electron chi connectivity index (χ2n) is 4.07. The summed E-state index contributed by atoms with van der Waals surface area (Å²) in [4.78, 5) is 1.17. The number of hydrogen-bond donors (Lipinski definition) is 1. The number of nitrogens with one attached hydrogen (secondary N) is 1. The first kappa shape index (κ1) is 10.9. The van der Waals surface area contributed by atoms with Gasteiger partial charge >= 0.3 is 0 Å². The van der Waals surface area contributed by atoms with Gasteiger partial charge in [0.25, 0.3) is 0 Å². The molecule has 2 unspecified atom stereocenters. The molecular formula is C13H12ClNOS. The lowest BCUT2D eigenvalue weighted by Crippen LogP contribution is -2.31. The first-order valence-electron chi connectivity index (χ1n) is 5.43. The minimum absolute atomic E-state index is 0.223. The normalized spacial score (nSPS) is 26.0. The van der Waals surface area contributed by atoms with E-state index in [9.17, 15) is 0 Å². The first-order valence-corrected chi connectivity index (χ1v) is 6.69. The Morgan fingerprint density at radius 3 is 3.06 bits per heavy atom. The van der Waals surface area contributed by atoms with Crippen LogP contribution in [0.1, 0.15) is 4.88 Å². The maximum Gasteiger partial charge on any atom is 0.119 e. The Kier molecular flexibility index (Phi) is 2.73. The van der Waals surface area contributed by atoms with Crippen molar-refractivity contribution in [2.45, 2.75) is 6.04 Å². The van der Waals surface area contributed by atoms with E-state index in [0.29, 0.717) is 5.92 Å². The Morgan fingerprint density at radius 2 is 2.35 bits per heavy atom. The third-order valence-corrected chi connectivity index (χ3v) is 4.34. The number of fused-ring (bicyclic) bond motifs is 1. The molecule has 88 valence electrons. The van der Waals surface area contributed by atoms with Crippen LogP contribution >= 0.6 is 22.9 Å². The van der Waals surface area contributed by atoms with Crippen LogP contribution in [-0.4, -0.2) is 13.2 Å². The Morgan fingerprint density at radius 1 is 1.47 bits per heavy atom. The molecule has 1 aliphatic heterocycles. The Balaban J connectivity index is 1.88. The number of thiophene rings is 1. The van der Waals surface area contributed by atoms with Gasteiger partial charge in [-0.05, 0) is 12.1 Å². The van der Waals surface area contributed by atoms with E-state index in [1.165, 1.54) is 4.88 Å². The van der Waals surface area contributed by atoms with Gasteiger partial charge in [0.1, 0.15) is 5.76 Å². The van der Waals surface area contributed by atoms with Crippen LogP contribution in [0.25, 0.3) is 5.70 Å². The maximum atomic E-state index is 5.95. The van der Waals surface area contributed by atoms with Gasteiger partial charge in [-0.3, -0.25) is 0 Å². The van der Waals surface area contributed by atoms with E-state index in [2.05, 4.69) is 17.5 Å². The van der Waals surface area contributed by atoms with E-state index >= 15 is 0 Å². The molecule has 1 N–H and O–H groups in total.